The molecule has 1 unspecified atom stereocenters. The van der Waals surface area contributed by atoms with Gasteiger partial charge in [0.15, 0.2) is 11.6 Å². The third-order valence-electron chi connectivity index (χ3n) is 3.52. The van der Waals surface area contributed by atoms with Crippen molar-refractivity contribution in [1.82, 2.24) is 10.2 Å². The Morgan fingerprint density at radius 1 is 1.26 bits per heavy atom. The Morgan fingerprint density at radius 3 is 2.39 bits per heavy atom. The fourth-order valence-corrected chi connectivity index (χ4v) is 2.31. The fourth-order valence-electron chi connectivity index (χ4n) is 2.31. The van der Waals surface area contributed by atoms with Crippen molar-refractivity contribution < 1.29 is 28.6 Å². The van der Waals surface area contributed by atoms with Crippen LogP contribution in [0, 0.1) is 0 Å². The third kappa shape index (κ3) is 4.11. The number of nitrogens with zero attached hydrogens (tertiary/aromatic N) is 1. The first-order chi connectivity index (χ1) is 10.6. The summed E-state index contributed by atoms with van der Waals surface area (Å²) in [5.74, 6) is -1.19. The summed E-state index contributed by atoms with van der Waals surface area (Å²) in [4.78, 5) is 37.1. The fraction of sp³-hybridized carbons (Fsp3) is 0.786. The summed E-state index contributed by atoms with van der Waals surface area (Å²) in [5, 5.41) is 2.58. The normalized spacial score (nSPS) is 23.6. The van der Waals surface area contributed by atoms with Crippen molar-refractivity contribution in [3.63, 3.8) is 0 Å². The lowest BCUT2D eigenvalue weighted by molar-refractivity contribution is -0.154. The van der Waals surface area contributed by atoms with E-state index < -0.39 is 35.2 Å². The molecule has 23 heavy (non-hydrogen) atoms. The number of hydrogen-bond donors (Lipinski definition) is 2. The molecule has 9 heteroatoms. The summed E-state index contributed by atoms with van der Waals surface area (Å²) in [6.45, 7) is 6.03. The molecule has 0 aromatic rings. The van der Waals surface area contributed by atoms with E-state index in [4.69, 9.17) is 19.9 Å². The predicted octanol–water partition coefficient (Wildman–Crippen LogP) is -1.01. The highest BCUT2D eigenvalue weighted by molar-refractivity contribution is 5.94. The maximum Gasteiger partial charge on any atom is 0.410 e. The zero-order valence-corrected chi connectivity index (χ0v) is 13.6. The minimum atomic E-state index is -1.30. The Bertz CT molecular complexity index is 489. The molecule has 0 bridgehead atoms. The van der Waals surface area contributed by atoms with E-state index in [-0.39, 0.29) is 19.7 Å². The number of nitrogens with two attached hydrogens (primary N) is 1. The van der Waals surface area contributed by atoms with Crippen LogP contribution in [0.2, 0.25) is 0 Å². The molecule has 0 aromatic heterocycles. The Kier molecular flexibility index (Phi) is 4.81. The first-order valence-electron chi connectivity index (χ1n) is 7.42. The first kappa shape index (κ1) is 17.5. The topological polar surface area (TPSA) is 120 Å². The maximum absolute atomic E-state index is 12.2. The lowest BCUT2D eigenvalue weighted by Crippen LogP contribution is -2.77. The Morgan fingerprint density at radius 2 is 1.91 bits per heavy atom. The number of carbonyl (C=O) groups is 3. The van der Waals surface area contributed by atoms with Gasteiger partial charge in [-0.3, -0.25) is 9.59 Å². The van der Waals surface area contributed by atoms with E-state index in [1.807, 2.05) is 0 Å². The second kappa shape index (κ2) is 6.32. The number of primary amides is 1. The van der Waals surface area contributed by atoms with Gasteiger partial charge in [0, 0.05) is 0 Å². The van der Waals surface area contributed by atoms with Gasteiger partial charge in [0.1, 0.15) is 5.60 Å². The van der Waals surface area contributed by atoms with E-state index in [1.54, 1.807) is 20.8 Å². The van der Waals surface area contributed by atoms with E-state index in [9.17, 15) is 14.4 Å². The monoisotopic (exact) mass is 329 g/mol. The second-order valence-corrected chi connectivity index (χ2v) is 6.71. The Balaban J connectivity index is 1.94. The quantitative estimate of drug-likeness (QED) is 0.685. The van der Waals surface area contributed by atoms with E-state index in [0.717, 1.165) is 0 Å². The molecule has 1 atom stereocenters. The van der Waals surface area contributed by atoms with Crippen molar-refractivity contribution in [3.8, 4) is 0 Å². The predicted molar refractivity (Wildman–Crippen MR) is 78.4 cm³/mol. The Hall–Kier alpha value is -1.87. The first-order valence-corrected chi connectivity index (χ1v) is 7.42. The van der Waals surface area contributed by atoms with E-state index in [2.05, 4.69) is 5.32 Å². The van der Waals surface area contributed by atoms with Crippen LogP contribution in [0.5, 0.6) is 0 Å². The molecule has 0 radical (unpaired) electrons. The van der Waals surface area contributed by atoms with Crippen LogP contribution < -0.4 is 11.1 Å². The van der Waals surface area contributed by atoms with Crippen molar-refractivity contribution >= 4 is 17.9 Å². The molecular weight excluding hydrogens is 306 g/mol. The van der Waals surface area contributed by atoms with Crippen molar-refractivity contribution in [2.45, 2.75) is 38.0 Å². The number of nitrogens with one attached hydrogen (secondary N) is 1. The van der Waals surface area contributed by atoms with E-state index >= 15 is 0 Å². The lowest BCUT2D eigenvalue weighted by atomic mass is 9.89. The molecule has 9 nitrogen and oxygen atoms in total. The summed E-state index contributed by atoms with van der Waals surface area (Å²) < 4.78 is 15.7. The molecule has 2 heterocycles. The smallest absolute Gasteiger partial charge is 0.410 e. The van der Waals surface area contributed by atoms with Crippen LogP contribution in [0.1, 0.15) is 20.8 Å². The largest absolute Gasteiger partial charge is 0.444 e. The lowest BCUT2D eigenvalue weighted by Gasteiger charge is -2.48. The average Bonchev–Trinajstić information content (AvgIpc) is 2.40. The SMILES string of the molecule is CC(C)(C)OC(=O)N1CC(NC(=O)C2COCCO2)(C(N)=O)C1. The highest BCUT2D eigenvalue weighted by Gasteiger charge is 2.52. The molecule has 0 spiro atoms. The molecule has 2 fully saturated rings. The van der Waals surface area contributed by atoms with Crippen molar-refractivity contribution in [3.05, 3.63) is 0 Å². The van der Waals surface area contributed by atoms with Gasteiger partial charge >= 0.3 is 6.09 Å². The van der Waals surface area contributed by atoms with Crippen molar-refractivity contribution in [2.75, 3.05) is 32.9 Å². The zero-order valence-electron chi connectivity index (χ0n) is 13.6. The highest BCUT2D eigenvalue weighted by Crippen LogP contribution is 2.24. The summed E-state index contributed by atoms with van der Waals surface area (Å²) >= 11 is 0. The van der Waals surface area contributed by atoms with Crippen LogP contribution in [-0.2, 0) is 23.8 Å². The van der Waals surface area contributed by atoms with Gasteiger partial charge < -0.3 is 30.2 Å². The van der Waals surface area contributed by atoms with E-state index in [0.29, 0.717) is 13.2 Å². The highest BCUT2D eigenvalue weighted by atomic mass is 16.6. The number of rotatable bonds is 3. The van der Waals surface area contributed by atoms with Gasteiger partial charge in [-0.2, -0.15) is 0 Å². The molecule has 0 aromatic carbocycles. The molecule has 0 saturated carbocycles. The third-order valence-corrected chi connectivity index (χ3v) is 3.52. The molecule has 2 saturated heterocycles. The van der Waals surface area contributed by atoms with Crippen LogP contribution in [0.3, 0.4) is 0 Å². The van der Waals surface area contributed by atoms with Crippen LogP contribution >= 0.6 is 0 Å². The van der Waals surface area contributed by atoms with Gasteiger partial charge in [-0.15, -0.1) is 0 Å². The summed E-state index contributed by atoms with van der Waals surface area (Å²) in [7, 11) is 0. The minimum Gasteiger partial charge on any atom is -0.444 e. The summed E-state index contributed by atoms with van der Waals surface area (Å²) in [5.41, 5.74) is 3.46. The molecule has 2 aliphatic heterocycles. The standard InChI is InChI=1S/C14H23N3O6/c1-13(2,3)23-12(20)17-7-14(8-17,11(15)19)16-10(18)9-6-21-4-5-22-9/h9H,4-8H2,1-3H3,(H2,15,19)(H,16,18). The maximum atomic E-state index is 12.2. The molecule has 2 rings (SSSR count). The van der Waals surface area contributed by atoms with Crippen molar-refractivity contribution in [1.29, 1.82) is 0 Å². The average molecular weight is 329 g/mol. The van der Waals surface area contributed by atoms with Crippen molar-refractivity contribution in [2.24, 2.45) is 5.73 Å². The summed E-state index contributed by atoms with van der Waals surface area (Å²) in [6.07, 6.45) is -1.34. The van der Waals surface area contributed by atoms with E-state index in [1.165, 1.54) is 4.90 Å². The minimum absolute atomic E-state index is 0.0312. The number of hydrogen-bond acceptors (Lipinski definition) is 6. The van der Waals surface area contributed by atoms with Gasteiger partial charge in [-0.1, -0.05) is 0 Å². The van der Waals surface area contributed by atoms with Crippen LogP contribution in [0.25, 0.3) is 0 Å². The van der Waals surface area contributed by atoms with Gasteiger partial charge in [-0.05, 0) is 20.8 Å². The van der Waals surface area contributed by atoms with Gasteiger partial charge in [0.05, 0.1) is 32.9 Å². The van der Waals surface area contributed by atoms with Crippen LogP contribution in [-0.4, -0.2) is 73.0 Å². The van der Waals surface area contributed by atoms with Gasteiger partial charge in [0.2, 0.25) is 5.91 Å². The molecule has 130 valence electrons. The number of carbonyl (C=O) groups excluding carboxylic acids is 3. The molecule has 0 aliphatic carbocycles. The molecule has 3 N–H and O–H groups in total. The van der Waals surface area contributed by atoms with Gasteiger partial charge in [0.25, 0.3) is 5.91 Å². The summed E-state index contributed by atoms with van der Waals surface area (Å²) in [6, 6.07) is 0. The van der Waals surface area contributed by atoms with Crippen LogP contribution in [0.15, 0.2) is 0 Å². The Labute approximate surface area is 134 Å². The molecule has 3 amide bonds. The number of likely N-dealkylation sites (tertiary alicyclic amines) is 1. The van der Waals surface area contributed by atoms with Crippen LogP contribution in [0.4, 0.5) is 4.79 Å². The second-order valence-electron chi connectivity index (χ2n) is 6.71. The number of amides is 3. The molecular formula is C14H23N3O6. The van der Waals surface area contributed by atoms with Gasteiger partial charge in [-0.25, -0.2) is 4.79 Å². The molecule has 2 aliphatic rings. The zero-order chi connectivity index (χ0) is 17.3. The number of ether oxygens (including phenoxy) is 3.